The van der Waals surface area contributed by atoms with Crippen LogP contribution in [0.15, 0.2) is 34.7 Å². The maximum atomic E-state index is 10.8. The molecule has 0 bridgehead atoms. The summed E-state index contributed by atoms with van der Waals surface area (Å²) in [6, 6.07) is 10.0. The molecule has 19 heavy (non-hydrogen) atoms. The second-order valence-electron chi connectivity index (χ2n) is 3.94. The van der Waals surface area contributed by atoms with Crippen LogP contribution in [0.25, 0.3) is 0 Å². The predicted octanol–water partition coefficient (Wildman–Crippen LogP) is 2.98. The van der Waals surface area contributed by atoms with Crippen molar-refractivity contribution in [3.63, 3.8) is 0 Å². The van der Waals surface area contributed by atoms with Gasteiger partial charge in [0.15, 0.2) is 0 Å². The average molecular weight is 257 g/mol. The van der Waals surface area contributed by atoms with E-state index >= 15 is 0 Å². The fourth-order valence-corrected chi connectivity index (χ4v) is 1.73. The van der Waals surface area contributed by atoms with E-state index in [1.165, 1.54) is 6.07 Å². The van der Waals surface area contributed by atoms with Crippen molar-refractivity contribution >= 4 is 11.4 Å². The summed E-state index contributed by atoms with van der Waals surface area (Å²) in [6.07, 6.45) is 0. The zero-order chi connectivity index (χ0) is 13.8. The van der Waals surface area contributed by atoms with Crippen molar-refractivity contribution in [3.05, 3.63) is 57.5 Å². The molecule has 0 radical (unpaired) electrons. The molecule has 0 unspecified atom stereocenters. The largest absolute Gasteiger partial charge is 0.449 e. The van der Waals surface area contributed by atoms with Crippen LogP contribution in [-0.4, -0.2) is 4.92 Å². The van der Waals surface area contributed by atoms with E-state index in [1.807, 2.05) is 6.07 Å². The van der Waals surface area contributed by atoms with Crippen molar-refractivity contribution in [1.82, 2.24) is 0 Å². The van der Waals surface area contributed by atoms with Crippen molar-refractivity contribution in [2.75, 3.05) is 5.32 Å². The first kappa shape index (κ1) is 12.6. The lowest BCUT2D eigenvalue weighted by molar-refractivity contribution is -0.385. The number of nitrogens with one attached hydrogen (secondary N) is 1. The Morgan fingerprint density at radius 3 is 2.84 bits per heavy atom. The van der Waals surface area contributed by atoms with E-state index in [0.717, 1.165) is 0 Å². The fraction of sp³-hybridized carbons (Fsp3) is 0.154. The Morgan fingerprint density at radius 1 is 1.42 bits per heavy atom. The number of rotatable bonds is 4. The monoisotopic (exact) mass is 257 g/mol. The van der Waals surface area contributed by atoms with Crippen LogP contribution in [0.2, 0.25) is 0 Å². The standard InChI is InChI=1S/C13H11N3O3/c1-9-12(3-2-4-13(9)16(17)18)15-8-11-6-5-10(7-14)19-11/h2-6,15H,8H2,1H3. The van der Waals surface area contributed by atoms with Gasteiger partial charge in [0.1, 0.15) is 11.8 Å². The molecule has 6 heteroatoms. The molecule has 0 aliphatic carbocycles. The molecular weight excluding hydrogens is 246 g/mol. The zero-order valence-corrected chi connectivity index (χ0v) is 10.2. The highest BCUT2D eigenvalue weighted by Crippen LogP contribution is 2.25. The van der Waals surface area contributed by atoms with E-state index in [4.69, 9.17) is 9.68 Å². The Bertz CT molecular complexity index is 655. The summed E-state index contributed by atoms with van der Waals surface area (Å²) in [5.74, 6) is 0.843. The molecule has 0 spiro atoms. The van der Waals surface area contributed by atoms with E-state index in [1.54, 1.807) is 31.2 Å². The maximum absolute atomic E-state index is 10.8. The molecule has 0 amide bonds. The molecule has 1 N–H and O–H groups in total. The van der Waals surface area contributed by atoms with E-state index < -0.39 is 4.92 Å². The van der Waals surface area contributed by atoms with Gasteiger partial charge in [-0.25, -0.2) is 0 Å². The molecular formula is C13H11N3O3. The van der Waals surface area contributed by atoms with Crippen molar-refractivity contribution in [2.24, 2.45) is 0 Å². The van der Waals surface area contributed by atoms with Gasteiger partial charge in [-0.1, -0.05) is 6.07 Å². The number of nitro groups is 1. The molecule has 1 aromatic carbocycles. The SMILES string of the molecule is Cc1c(NCc2ccc(C#N)o2)cccc1[N+](=O)[O-]. The lowest BCUT2D eigenvalue weighted by Crippen LogP contribution is -2.02. The second-order valence-corrected chi connectivity index (χ2v) is 3.94. The van der Waals surface area contributed by atoms with Gasteiger partial charge in [0.25, 0.3) is 5.69 Å². The van der Waals surface area contributed by atoms with E-state index in [9.17, 15) is 10.1 Å². The van der Waals surface area contributed by atoms with Crippen LogP contribution in [0, 0.1) is 28.4 Å². The van der Waals surface area contributed by atoms with Gasteiger partial charge in [0.05, 0.1) is 11.5 Å². The van der Waals surface area contributed by atoms with E-state index in [-0.39, 0.29) is 11.4 Å². The number of nitro benzene ring substituents is 1. The number of hydrogen-bond acceptors (Lipinski definition) is 5. The van der Waals surface area contributed by atoms with Gasteiger partial charge in [0, 0.05) is 17.3 Å². The van der Waals surface area contributed by atoms with Gasteiger partial charge in [-0.3, -0.25) is 10.1 Å². The molecule has 0 saturated heterocycles. The molecule has 0 fully saturated rings. The molecule has 2 aromatic rings. The third kappa shape index (κ3) is 2.72. The van der Waals surface area contributed by atoms with Gasteiger partial charge < -0.3 is 9.73 Å². The number of nitrogens with zero attached hydrogens (tertiary/aromatic N) is 2. The molecule has 1 aromatic heterocycles. The summed E-state index contributed by atoms with van der Waals surface area (Å²) >= 11 is 0. The van der Waals surface area contributed by atoms with Crippen molar-refractivity contribution in [1.29, 1.82) is 5.26 Å². The normalized spacial score (nSPS) is 9.89. The van der Waals surface area contributed by atoms with Gasteiger partial charge in [0.2, 0.25) is 5.76 Å². The lowest BCUT2D eigenvalue weighted by Gasteiger charge is -2.08. The van der Waals surface area contributed by atoms with Crippen LogP contribution in [0.4, 0.5) is 11.4 Å². The quantitative estimate of drug-likeness (QED) is 0.671. The first-order chi connectivity index (χ1) is 9.11. The molecule has 1 heterocycles. The molecule has 0 saturated carbocycles. The van der Waals surface area contributed by atoms with E-state index in [0.29, 0.717) is 23.6 Å². The van der Waals surface area contributed by atoms with Crippen LogP contribution >= 0.6 is 0 Å². The fourth-order valence-electron chi connectivity index (χ4n) is 1.73. The summed E-state index contributed by atoms with van der Waals surface area (Å²) in [5.41, 5.74) is 1.31. The molecule has 2 rings (SSSR count). The molecule has 0 aliphatic heterocycles. The highest BCUT2D eigenvalue weighted by atomic mass is 16.6. The van der Waals surface area contributed by atoms with Crippen molar-refractivity contribution in [3.8, 4) is 6.07 Å². The summed E-state index contributed by atoms with van der Waals surface area (Å²) in [4.78, 5) is 10.4. The maximum Gasteiger partial charge on any atom is 0.274 e. The Hall–Kier alpha value is -2.81. The lowest BCUT2D eigenvalue weighted by atomic mass is 10.1. The number of nitriles is 1. The number of anilines is 1. The molecule has 6 nitrogen and oxygen atoms in total. The number of furan rings is 1. The van der Waals surface area contributed by atoms with Gasteiger partial charge >= 0.3 is 0 Å². The Balaban J connectivity index is 2.14. The molecule has 0 aliphatic rings. The predicted molar refractivity (Wildman–Crippen MR) is 68.6 cm³/mol. The van der Waals surface area contributed by atoms with Crippen LogP contribution in [0.1, 0.15) is 17.1 Å². The van der Waals surface area contributed by atoms with Crippen LogP contribution in [0.5, 0.6) is 0 Å². The average Bonchev–Trinajstić information content (AvgIpc) is 2.85. The highest BCUT2D eigenvalue weighted by molar-refractivity contribution is 5.59. The Kier molecular flexibility index (Phi) is 3.48. The first-order valence-corrected chi connectivity index (χ1v) is 5.58. The van der Waals surface area contributed by atoms with Crippen molar-refractivity contribution in [2.45, 2.75) is 13.5 Å². The van der Waals surface area contributed by atoms with E-state index in [2.05, 4.69) is 5.32 Å². The van der Waals surface area contributed by atoms with Crippen LogP contribution in [0.3, 0.4) is 0 Å². The summed E-state index contributed by atoms with van der Waals surface area (Å²) in [5, 5.41) is 22.5. The van der Waals surface area contributed by atoms with Crippen LogP contribution in [-0.2, 0) is 6.54 Å². The minimum absolute atomic E-state index is 0.0714. The van der Waals surface area contributed by atoms with Crippen molar-refractivity contribution < 1.29 is 9.34 Å². The third-order valence-corrected chi connectivity index (χ3v) is 2.73. The van der Waals surface area contributed by atoms with Gasteiger partial charge in [-0.05, 0) is 25.1 Å². The third-order valence-electron chi connectivity index (χ3n) is 2.73. The highest BCUT2D eigenvalue weighted by Gasteiger charge is 2.13. The topological polar surface area (TPSA) is 92.1 Å². The van der Waals surface area contributed by atoms with Crippen LogP contribution < -0.4 is 5.32 Å². The number of hydrogen-bond donors (Lipinski definition) is 1. The van der Waals surface area contributed by atoms with Gasteiger partial charge in [-0.15, -0.1) is 0 Å². The number of benzene rings is 1. The Morgan fingerprint density at radius 2 is 2.21 bits per heavy atom. The second kappa shape index (κ2) is 5.23. The summed E-state index contributed by atoms with van der Waals surface area (Å²) in [7, 11) is 0. The minimum atomic E-state index is -0.415. The molecule has 0 atom stereocenters. The Labute approximate surface area is 109 Å². The smallest absolute Gasteiger partial charge is 0.274 e. The molecule has 96 valence electrons. The summed E-state index contributed by atoms with van der Waals surface area (Å²) < 4.78 is 5.21. The first-order valence-electron chi connectivity index (χ1n) is 5.58. The zero-order valence-electron chi connectivity index (χ0n) is 10.2. The van der Waals surface area contributed by atoms with Gasteiger partial charge in [-0.2, -0.15) is 5.26 Å². The summed E-state index contributed by atoms with van der Waals surface area (Å²) in [6.45, 7) is 2.05. The minimum Gasteiger partial charge on any atom is -0.449 e.